The first-order chi connectivity index (χ1) is 15.5. The molecule has 166 valence electrons. The van der Waals surface area contributed by atoms with Gasteiger partial charge in [0.15, 0.2) is 0 Å². The highest BCUT2D eigenvalue weighted by atomic mass is 32.2. The van der Waals surface area contributed by atoms with E-state index in [-0.39, 0.29) is 17.5 Å². The van der Waals surface area contributed by atoms with Gasteiger partial charge in [0, 0.05) is 37.9 Å². The van der Waals surface area contributed by atoms with E-state index in [1.807, 2.05) is 50.2 Å². The van der Waals surface area contributed by atoms with E-state index in [1.54, 1.807) is 6.07 Å². The molecule has 1 aromatic heterocycles. The molecular formula is C24H26FN5OS. The van der Waals surface area contributed by atoms with Gasteiger partial charge in [-0.1, -0.05) is 41.6 Å². The predicted octanol–water partition coefficient (Wildman–Crippen LogP) is 4.29. The molecule has 6 nitrogen and oxygen atoms in total. The minimum Gasteiger partial charge on any atom is -0.366 e. The van der Waals surface area contributed by atoms with Gasteiger partial charge in [-0.25, -0.2) is 14.4 Å². The van der Waals surface area contributed by atoms with E-state index in [9.17, 15) is 9.18 Å². The fourth-order valence-electron chi connectivity index (χ4n) is 3.75. The number of rotatable bonds is 6. The highest BCUT2D eigenvalue weighted by Crippen LogP contribution is 2.24. The zero-order chi connectivity index (χ0) is 22.5. The van der Waals surface area contributed by atoms with Crippen molar-refractivity contribution in [2.45, 2.75) is 18.9 Å². The summed E-state index contributed by atoms with van der Waals surface area (Å²) in [6, 6.07) is 14.7. The van der Waals surface area contributed by atoms with Crippen molar-refractivity contribution in [1.29, 1.82) is 0 Å². The Hall–Kier alpha value is -3.13. The van der Waals surface area contributed by atoms with Crippen LogP contribution in [-0.4, -0.2) is 47.8 Å². The van der Waals surface area contributed by atoms with Gasteiger partial charge in [0.05, 0.1) is 11.4 Å². The molecule has 8 heteroatoms. The van der Waals surface area contributed by atoms with Crippen molar-refractivity contribution < 1.29 is 9.18 Å². The van der Waals surface area contributed by atoms with Crippen LogP contribution in [0, 0.1) is 19.7 Å². The summed E-state index contributed by atoms with van der Waals surface area (Å²) in [6.45, 7) is 6.92. The van der Waals surface area contributed by atoms with E-state index in [2.05, 4.69) is 25.1 Å². The molecule has 2 aromatic carbocycles. The summed E-state index contributed by atoms with van der Waals surface area (Å²) in [6.07, 6.45) is 1.53. The summed E-state index contributed by atoms with van der Waals surface area (Å²) >= 11 is 1.38. The SMILES string of the molecule is Cc1ccc(NC(=O)CSc2cc(N3CCN(c4ccccc4F)CC3)ncn2)c(C)c1. The Balaban J connectivity index is 1.32. The van der Waals surface area contributed by atoms with Crippen LogP contribution in [0.15, 0.2) is 59.9 Å². The monoisotopic (exact) mass is 451 g/mol. The molecule has 1 fully saturated rings. The highest BCUT2D eigenvalue weighted by Gasteiger charge is 2.20. The lowest BCUT2D eigenvalue weighted by molar-refractivity contribution is -0.113. The van der Waals surface area contributed by atoms with Crippen molar-refractivity contribution in [1.82, 2.24) is 9.97 Å². The first-order valence-electron chi connectivity index (χ1n) is 10.6. The van der Waals surface area contributed by atoms with Crippen molar-refractivity contribution in [2.75, 3.05) is 47.0 Å². The molecule has 0 unspecified atom stereocenters. The van der Waals surface area contributed by atoms with Crippen molar-refractivity contribution >= 4 is 34.9 Å². The third kappa shape index (κ3) is 5.37. The Bertz CT molecular complexity index is 1100. The average molecular weight is 452 g/mol. The first-order valence-corrected chi connectivity index (χ1v) is 11.5. The largest absolute Gasteiger partial charge is 0.366 e. The molecule has 4 rings (SSSR count). The number of nitrogens with one attached hydrogen (secondary N) is 1. The fraction of sp³-hybridized carbons (Fsp3) is 0.292. The van der Waals surface area contributed by atoms with Crippen LogP contribution in [0.3, 0.4) is 0 Å². The number of amides is 1. The van der Waals surface area contributed by atoms with Gasteiger partial charge in [0.1, 0.15) is 23.0 Å². The predicted molar refractivity (Wildman–Crippen MR) is 128 cm³/mol. The number of nitrogens with zero attached hydrogens (tertiary/aromatic N) is 4. The molecule has 1 amide bonds. The average Bonchev–Trinajstić information content (AvgIpc) is 2.80. The molecule has 1 aliphatic rings. The maximum absolute atomic E-state index is 14.1. The van der Waals surface area contributed by atoms with Crippen molar-refractivity contribution in [3.05, 3.63) is 71.8 Å². The van der Waals surface area contributed by atoms with Crippen LogP contribution >= 0.6 is 11.8 Å². The van der Waals surface area contributed by atoms with Gasteiger partial charge in [-0.3, -0.25) is 4.79 Å². The second-order valence-corrected chi connectivity index (χ2v) is 8.79. The molecule has 1 aliphatic heterocycles. The number of thioether (sulfide) groups is 1. The van der Waals surface area contributed by atoms with Gasteiger partial charge in [0.2, 0.25) is 5.91 Å². The van der Waals surface area contributed by atoms with Crippen LogP contribution in [0.2, 0.25) is 0 Å². The molecule has 0 aliphatic carbocycles. The van der Waals surface area contributed by atoms with Crippen LogP contribution in [0.25, 0.3) is 0 Å². The smallest absolute Gasteiger partial charge is 0.234 e. The van der Waals surface area contributed by atoms with Gasteiger partial charge >= 0.3 is 0 Å². The number of anilines is 3. The molecule has 0 spiro atoms. The summed E-state index contributed by atoms with van der Waals surface area (Å²) in [5.41, 5.74) is 3.68. The van der Waals surface area contributed by atoms with Crippen molar-refractivity contribution in [2.24, 2.45) is 0 Å². The normalized spacial score (nSPS) is 13.8. The lowest BCUT2D eigenvalue weighted by atomic mass is 10.1. The second-order valence-electron chi connectivity index (χ2n) is 7.80. The number of halogens is 1. The minimum absolute atomic E-state index is 0.0689. The van der Waals surface area contributed by atoms with Gasteiger partial charge in [0.25, 0.3) is 0 Å². The van der Waals surface area contributed by atoms with Crippen LogP contribution < -0.4 is 15.1 Å². The van der Waals surface area contributed by atoms with Gasteiger partial charge in [-0.05, 0) is 37.6 Å². The number of hydrogen-bond acceptors (Lipinski definition) is 6. The number of piperazine rings is 1. The van der Waals surface area contributed by atoms with Crippen molar-refractivity contribution in [3.8, 4) is 0 Å². The van der Waals surface area contributed by atoms with E-state index in [0.29, 0.717) is 18.8 Å². The minimum atomic E-state index is -0.194. The van der Waals surface area contributed by atoms with Gasteiger partial charge < -0.3 is 15.1 Å². The van der Waals surface area contributed by atoms with E-state index < -0.39 is 0 Å². The van der Waals surface area contributed by atoms with Crippen LogP contribution in [0.1, 0.15) is 11.1 Å². The molecule has 2 heterocycles. The van der Waals surface area contributed by atoms with Crippen LogP contribution in [0.5, 0.6) is 0 Å². The number of aromatic nitrogens is 2. The van der Waals surface area contributed by atoms with E-state index in [0.717, 1.165) is 40.7 Å². The molecular weight excluding hydrogens is 425 g/mol. The molecule has 0 saturated carbocycles. The Morgan fingerprint density at radius 1 is 1.03 bits per heavy atom. The van der Waals surface area contributed by atoms with Crippen molar-refractivity contribution in [3.63, 3.8) is 0 Å². The molecule has 3 aromatic rings. The lowest BCUT2D eigenvalue weighted by Gasteiger charge is -2.36. The quantitative estimate of drug-likeness (QED) is 0.446. The summed E-state index contributed by atoms with van der Waals surface area (Å²) in [5.74, 6) is 0.831. The zero-order valence-corrected chi connectivity index (χ0v) is 19.0. The molecule has 1 N–H and O–H groups in total. The van der Waals surface area contributed by atoms with Gasteiger partial charge in [-0.15, -0.1) is 0 Å². The lowest BCUT2D eigenvalue weighted by Crippen LogP contribution is -2.47. The molecule has 32 heavy (non-hydrogen) atoms. The Labute approximate surface area is 191 Å². The topological polar surface area (TPSA) is 61.4 Å². The number of hydrogen-bond donors (Lipinski definition) is 1. The van der Waals surface area contributed by atoms with E-state index in [1.165, 1.54) is 24.2 Å². The first kappa shape index (κ1) is 22.1. The molecule has 0 radical (unpaired) electrons. The number of para-hydroxylation sites is 1. The summed E-state index contributed by atoms with van der Waals surface area (Å²) < 4.78 is 14.1. The third-order valence-electron chi connectivity index (χ3n) is 5.43. The van der Waals surface area contributed by atoms with Crippen LogP contribution in [0.4, 0.5) is 21.6 Å². The molecule has 0 bridgehead atoms. The Kier molecular flexibility index (Phi) is 6.90. The zero-order valence-electron chi connectivity index (χ0n) is 18.2. The molecule has 1 saturated heterocycles. The maximum atomic E-state index is 14.1. The highest BCUT2D eigenvalue weighted by molar-refractivity contribution is 7.99. The summed E-state index contributed by atoms with van der Waals surface area (Å²) in [7, 11) is 0. The molecule has 0 atom stereocenters. The van der Waals surface area contributed by atoms with Crippen LogP contribution in [-0.2, 0) is 4.79 Å². The standard InChI is InChI=1S/C24H26FN5OS/c1-17-7-8-20(18(2)13-17)28-23(31)15-32-24-14-22(26-16-27-24)30-11-9-29(10-12-30)21-6-4-3-5-19(21)25/h3-8,13-14,16H,9-12,15H2,1-2H3,(H,28,31). The number of carbonyl (C=O) groups excluding carboxylic acids is 1. The maximum Gasteiger partial charge on any atom is 0.234 e. The third-order valence-corrected chi connectivity index (χ3v) is 6.36. The Morgan fingerprint density at radius 2 is 1.78 bits per heavy atom. The number of carbonyl (C=O) groups is 1. The fourth-order valence-corrected chi connectivity index (χ4v) is 4.41. The van der Waals surface area contributed by atoms with E-state index >= 15 is 0 Å². The summed E-state index contributed by atoms with van der Waals surface area (Å²) in [5, 5.41) is 3.71. The summed E-state index contributed by atoms with van der Waals surface area (Å²) in [4.78, 5) is 25.3. The number of benzene rings is 2. The van der Waals surface area contributed by atoms with E-state index in [4.69, 9.17) is 0 Å². The number of aryl methyl sites for hydroxylation is 2. The second kappa shape index (κ2) is 9.99. The Morgan fingerprint density at radius 3 is 2.53 bits per heavy atom. The van der Waals surface area contributed by atoms with Gasteiger partial charge in [-0.2, -0.15) is 0 Å².